The van der Waals surface area contributed by atoms with Crippen LogP contribution in [0.25, 0.3) is 106 Å². The maximum absolute atomic E-state index is 5.09. The van der Waals surface area contributed by atoms with Crippen LogP contribution >= 0.6 is 0 Å². The van der Waals surface area contributed by atoms with Crippen LogP contribution in [0.3, 0.4) is 0 Å². The van der Waals surface area contributed by atoms with E-state index in [-0.39, 0.29) is 0 Å². The van der Waals surface area contributed by atoms with Crippen LogP contribution in [0.5, 0.6) is 0 Å². The van der Waals surface area contributed by atoms with Crippen LogP contribution in [-0.4, -0.2) is 29.5 Å². The highest BCUT2D eigenvalue weighted by molar-refractivity contribution is 6.10. The Kier molecular flexibility index (Phi) is 7.71. The van der Waals surface area contributed by atoms with Crippen molar-refractivity contribution in [3.8, 4) is 62.2 Å². The Balaban J connectivity index is 0.987. The van der Waals surface area contributed by atoms with Gasteiger partial charge in [-0.2, -0.15) is 0 Å². The van der Waals surface area contributed by atoms with Gasteiger partial charge in [0, 0.05) is 55.7 Å². The molecular formula is C51H32N6. The lowest BCUT2D eigenvalue weighted by molar-refractivity contribution is 1.07. The zero-order valence-electron chi connectivity index (χ0n) is 30.7. The number of para-hydroxylation sites is 2. The molecule has 0 saturated carbocycles. The fraction of sp³-hybridized carbons (Fsp3) is 0. The number of hydrogen-bond acceptors (Lipinski definition) is 5. The SMILES string of the molecule is c1ccc(-c2nc(-c3ccc(-c4ccc5ccc6cccnc6c5n4)cc3)nc(-c3cccc(-c4ccc5c(c4)c4ccccc4n5-c4ccccc4)c3)n2)cc1. The van der Waals surface area contributed by atoms with Crippen LogP contribution in [0.4, 0.5) is 0 Å². The third-order valence-corrected chi connectivity index (χ3v) is 10.7. The van der Waals surface area contributed by atoms with Gasteiger partial charge in [-0.3, -0.25) is 4.98 Å². The molecule has 7 aromatic carbocycles. The zero-order chi connectivity index (χ0) is 37.7. The molecule has 0 bridgehead atoms. The minimum atomic E-state index is 0.604. The standard InChI is InChI=1S/C51H32N6/c1-3-11-36(12-4-1)49-54-50(37-24-20-33(21-25-37)44-28-26-35-23-22-34-15-10-30-52-47(34)48(35)53-44)56-51(55-49)40-14-9-13-38(31-40)39-27-29-46-43(32-39)42-18-7-8-19-45(42)57(46)41-16-5-2-6-17-41/h1-32H. The van der Waals surface area contributed by atoms with Crippen LogP contribution in [0, 0.1) is 0 Å². The molecule has 0 spiro atoms. The monoisotopic (exact) mass is 728 g/mol. The van der Waals surface area contributed by atoms with Crippen molar-refractivity contribution in [3.05, 3.63) is 194 Å². The first-order valence-electron chi connectivity index (χ1n) is 19.0. The van der Waals surface area contributed by atoms with Crippen molar-refractivity contribution in [1.82, 2.24) is 29.5 Å². The molecule has 0 amide bonds. The number of aromatic nitrogens is 6. The second-order valence-corrected chi connectivity index (χ2v) is 14.2. The van der Waals surface area contributed by atoms with Gasteiger partial charge in [0.05, 0.1) is 27.8 Å². The molecule has 0 saturated heterocycles. The topological polar surface area (TPSA) is 69.4 Å². The molecule has 57 heavy (non-hydrogen) atoms. The minimum absolute atomic E-state index is 0.604. The van der Waals surface area contributed by atoms with Gasteiger partial charge >= 0.3 is 0 Å². The van der Waals surface area contributed by atoms with Crippen LogP contribution in [-0.2, 0) is 0 Å². The van der Waals surface area contributed by atoms with Gasteiger partial charge in [-0.05, 0) is 59.7 Å². The smallest absolute Gasteiger partial charge is 0.164 e. The molecular weight excluding hydrogens is 697 g/mol. The average Bonchev–Trinajstić information content (AvgIpc) is 3.63. The van der Waals surface area contributed by atoms with Crippen molar-refractivity contribution in [2.24, 2.45) is 0 Å². The summed E-state index contributed by atoms with van der Waals surface area (Å²) in [5.74, 6) is 1.84. The molecule has 11 rings (SSSR count). The largest absolute Gasteiger partial charge is 0.309 e. The summed E-state index contributed by atoms with van der Waals surface area (Å²) in [6, 6.07) is 65.2. The summed E-state index contributed by atoms with van der Waals surface area (Å²) in [6.45, 7) is 0. The highest BCUT2D eigenvalue weighted by atomic mass is 15.0. The van der Waals surface area contributed by atoms with Gasteiger partial charge in [0.1, 0.15) is 0 Å². The maximum Gasteiger partial charge on any atom is 0.164 e. The third-order valence-electron chi connectivity index (χ3n) is 10.7. The van der Waals surface area contributed by atoms with E-state index in [1.807, 2.05) is 42.6 Å². The van der Waals surface area contributed by atoms with Crippen molar-refractivity contribution in [2.75, 3.05) is 0 Å². The summed E-state index contributed by atoms with van der Waals surface area (Å²) in [4.78, 5) is 24.8. The van der Waals surface area contributed by atoms with E-state index in [0.717, 1.165) is 66.6 Å². The van der Waals surface area contributed by atoms with Gasteiger partial charge in [0.2, 0.25) is 0 Å². The fourth-order valence-corrected chi connectivity index (χ4v) is 7.87. The Morgan fingerprint density at radius 3 is 1.72 bits per heavy atom. The minimum Gasteiger partial charge on any atom is -0.309 e. The van der Waals surface area contributed by atoms with Gasteiger partial charge in [-0.15, -0.1) is 0 Å². The zero-order valence-corrected chi connectivity index (χ0v) is 30.7. The Morgan fingerprint density at radius 1 is 0.333 bits per heavy atom. The molecule has 0 radical (unpaired) electrons. The fourth-order valence-electron chi connectivity index (χ4n) is 7.87. The molecule has 6 nitrogen and oxygen atoms in total. The van der Waals surface area contributed by atoms with Crippen LogP contribution in [0.2, 0.25) is 0 Å². The third kappa shape index (κ3) is 5.79. The van der Waals surface area contributed by atoms with E-state index in [1.54, 1.807) is 0 Å². The Hall–Kier alpha value is -7.83. The van der Waals surface area contributed by atoms with Crippen molar-refractivity contribution in [3.63, 3.8) is 0 Å². The number of benzene rings is 7. The predicted molar refractivity (Wildman–Crippen MR) is 232 cm³/mol. The summed E-state index contributed by atoms with van der Waals surface area (Å²) >= 11 is 0. The van der Waals surface area contributed by atoms with E-state index in [0.29, 0.717) is 17.5 Å². The van der Waals surface area contributed by atoms with Crippen LogP contribution in [0.15, 0.2) is 194 Å². The highest BCUT2D eigenvalue weighted by Crippen LogP contribution is 2.36. The molecule has 4 heterocycles. The Labute approximate surface area is 328 Å². The summed E-state index contributed by atoms with van der Waals surface area (Å²) < 4.78 is 2.34. The van der Waals surface area contributed by atoms with Crippen molar-refractivity contribution >= 4 is 43.6 Å². The molecule has 0 fully saturated rings. The van der Waals surface area contributed by atoms with E-state index in [2.05, 4.69) is 161 Å². The maximum atomic E-state index is 5.09. The van der Waals surface area contributed by atoms with Gasteiger partial charge in [0.15, 0.2) is 17.5 Å². The van der Waals surface area contributed by atoms with Gasteiger partial charge < -0.3 is 4.57 Å². The summed E-state index contributed by atoms with van der Waals surface area (Å²) in [5, 5.41) is 4.56. The molecule has 0 aliphatic heterocycles. The summed E-state index contributed by atoms with van der Waals surface area (Å²) in [6.07, 6.45) is 1.82. The molecule has 6 heteroatoms. The summed E-state index contributed by atoms with van der Waals surface area (Å²) in [7, 11) is 0. The molecule has 0 aliphatic rings. The van der Waals surface area contributed by atoms with Crippen LogP contribution < -0.4 is 0 Å². The molecule has 0 atom stereocenters. The first-order chi connectivity index (χ1) is 28.2. The second kappa shape index (κ2) is 13.5. The highest BCUT2D eigenvalue weighted by Gasteiger charge is 2.16. The Bertz CT molecular complexity index is 3280. The molecule has 11 aromatic rings. The molecule has 0 N–H and O–H groups in total. The molecule has 4 aromatic heterocycles. The van der Waals surface area contributed by atoms with Gasteiger partial charge in [-0.1, -0.05) is 140 Å². The number of hydrogen-bond donors (Lipinski definition) is 0. The number of pyridine rings is 2. The normalized spacial score (nSPS) is 11.5. The van der Waals surface area contributed by atoms with E-state index < -0.39 is 0 Å². The first kappa shape index (κ1) is 32.6. The lowest BCUT2D eigenvalue weighted by Gasteiger charge is -2.11. The van der Waals surface area contributed by atoms with E-state index in [9.17, 15) is 0 Å². The van der Waals surface area contributed by atoms with E-state index in [1.165, 1.54) is 21.8 Å². The lowest BCUT2D eigenvalue weighted by atomic mass is 10.0. The van der Waals surface area contributed by atoms with E-state index >= 15 is 0 Å². The quantitative estimate of drug-likeness (QED) is 0.159. The molecule has 0 unspecified atom stereocenters. The first-order valence-corrected chi connectivity index (χ1v) is 19.0. The van der Waals surface area contributed by atoms with Gasteiger partial charge in [0.25, 0.3) is 0 Å². The van der Waals surface area contributed by atoms with Crippen molar-refractivity contribution < 1.29 is 0 Å². The summed E-state index contributed by atoms with van der Waals surface area (Å²) in [5.41, 5.74) is 12.1. The van der Waals surface area contributed by atoms with Crippen molar-refractivity contribution in [1.29, 1.82) is 0 Å². The lowest BCUT2D eigenvalue weighted by Crippen LogP contribution is -2.00. The predicted octanol–water partition coefficient (Wildman–Crippen LogP) is 12.4. The Morgan fingerprint density at radius 2 is 0.912 bits per heavy atom. The molecule has 266 valence electrons. The second-order valence-electron chi connectivity index (χ2n) is 14.2. The number of nitrogens with zero attached hydrogens (tertiary/aromatic N) is 6. The molecule has 0 aliphatic carbocycles. The number of fused-ring (bicyclic) bond motifs is 6. The average molecular weight is 729 g/mol. The van der Waals surface area contributed by atoms with Gasteiger partial charge in [-0.25, -0.2) is 19.9 Å². The van der Waals surface area contributed by atoms with Crippen LogP contribution in [0.1, 0.15) is 0 Å². The van der Waals surface area contributed by atoms with Crippen molar-refractivity contribution in [2.45, 2.75) is 0 Å². The number of rotatable bonds is 6. The van der Waals surface area contributed by atoms with E-state index in [4.69, 9.17) is 19.9 Å².